The number of methoxy groups -OCH3 is 1. The van der Waals surface area contributed by atoms with Crippen LogP contribution in [0.1, 0.15) is 24.5 Å². The molecule has 0 aliphatic carbocycles. The largest absolute Gasteiger partial charge is 0.469 e. The van der Waals surface area contributed by atoms with Crippen LogP contribution >= 0.6 is 0 Å². The van der Waals surface area contributed by atoms with E-state index in [1.54, 1.807) is 6.92 Å². The molecule has 5 heteroatoms. The molecule has 2 aromatic carbocycles. The van der Waals surface area contributed by atoms with E-state index in [4.69, 9.17) is 9.47 Å². The molecule has 0 N–H and O–H groups in total. The molecule has 2 rings (SSSR count). The summed E-state index contributed by atoms with van der Waals surface area (Å²) < 4.78 is 10.0. The second-order valence-corrected chi connectivity index (χ2v) is 5.92. The van der Waals surface area contributed by atoms with E-state index in [1.807, 2.05) is 65.6 Å². The van der Waals surface area contributed by atoms with Crippen LogP contribution in [0.25, 0.3) is 0 Å². The molecule has 0 amide bonds. The minimum Gasteiger partial charge on any atom is -0.469 e. The van der Waals surface area contributed by atoms with Crippen LogP contribution in [-0.2, 0) is 32.2 Å². The third-order valence-electron chi connectivity index (χ3n) is 4.04. The molecule has 0 fully saturated rings. The van der Waals surface area contributed by atoms with Crippen molar-refractivity contribution >= 4 is 11.9 Å². The Hall–Kier alpha value is -2.66. The van der Waals surface area contributed by atoms with Gasteiger partial charge >= 0.3 is 11.9 Å². The van der Waals surface area contributed by atoms with Crippen LogP contribution in [0.5, 0.6) is 0 Å². The van der Waals surface area contributed by atoms with Crippen LogP contribution in [0.3, 0.4) is 0 Å². The molecule has 0 radical (unpaired) electrons. The molecular weight excluding hydrogens is 330 g/mol. The van der Waals surface area contributed by atoms with Gasteiger partial charge in [0, 0.05) is 13.1 Å². The monoisotopic (exact) mass is 355 g/mol. The molecule has 0 aliphatic heterocycles. The third kappa shape index (κ3) is 6.01. The molecule has 138 valence electrons. The third-order valence-corrected chi connectivity index (χ3v) is 4.04. The van der Waals surface area contributed by atoms with Gasteiger partial charge in [0.05, 0.1) is 20.1 Å². The molecule has 2 aromatic rings. The van der Waals surface area contributed by atoms with Crippen LogP contribution < -0.4 is 0 Å². The summed E-state index contributed by atoms with van der Waals surface area (Å²) in [4.78, 5) is 26.4. The maximum absolute atomic E-state index is 12.5. The van der Waals surface area contributed by atoms with Crippen LogP contribution in [0, 0.1) is 0 Å². The standard InChI is InChI=1S/C21H25NO4/c1-3-26-21(24)19(14-20(23)25-2)22(15-17-10-6-4-7-11-17)16-18-12-8-5-9-13-18/h4-13,19H,3,14-16H2,1-2H3. The zero-order valence-electron chi connectivity index (χ0n) is 15.3. The SMILES string of the molecule is CCOC(=O)C(CC(=O)OC)N(Cc1ccccc1)Cc1ccccc1. The van der Waals surface area contributed by atoms with Crippen LogP contribution in [0.4, 0.5) is 0 Å². The zero-order valence-corrected chi connectivity index (χ0v) is 15.3. The van der Waals surface area contributed by atoms with E-state index >= 15 is 0 Å². The van der Waals surface area contributed by atoms with Crippen molar-refractivity contribution in [3.8, 4) is 0 Å². The Morgan fingerprint density at radius 3 is 1.85 bits per heavy atom. The number of esters is 2. The van der Waals surface area contributed by atoms with Gasteiger partial charge in [0.1, 0.15) is 6.04 Å². The van der Waals surface area contributed by atoms with E-state index in [9.17, 15) is 9.59 Å². The number of hydrogen-bond acceptors (Lipinski definition) is 5. The highest BCUT2D eigenvalue weighted by atomic mass is 16.5. The van der Waals surface area contributed by atoms with Crippen molar-refractivity contribution in [1.29, 1.82) is 0 Å². The molecule has 1 atom stereocenters. The van der Waals surface area contributed by atoms with Gasteiger partial charge in [-0.25, -0.2) is 0 Å². The van der Waals surface area contributed by atoms with Crippen molar-refractivity contribution < 1.29 is 19.1 Å². The maximum atomic E-state index is 12.5. The molecule has 0 bridgehead atoms. The predicted molar refractivity (Wildman–Crippen MR) is 99.2 cm³/mol. The summed E-state index contributed by atoms with van der Waals surface area (Å²) >= 11 is 0. The predicted octanol–water partition coefficient (Wildman–Crippen LogP) is 3.18. The van der Waals surface area contributed by atoms with Crippen molar-refractivity contribution in [2.75, 3.05) is 13.7 Å². The van der Waals surface area contributed by atoms with Gasteiger partial charge in [-0.1, -0.05) is 60.7 Å². The Morgan fingerprint density at radius 1 is 0.923 bits per heavy atom. The molecule has 0 heterocycles. The first kappa shape index (κ1) is 19.7. The number of benzene rings is 2. The Morgan fingerprint density at radius 2 is 1.42 bits per heavy atom. The van der Waals surface area contributed by atoms with Gasteiger partial charge in [0.2, 0.25) is 0 Å². The molecular formula is C21H25NO4. The van der Waals surface area contributed by atoms with Crippen molar-refractivity contribution in [1.82, 2.24) is 4.90 Å². The fourth-order valence-corrected chi connectivity index (χ4v) is 2.75. The van der Waals surface area contributed by atoms with Crippen LogP contribution in [-0.4, -0.2) is 36.6 Å². The number of hydrogen-bond donors (Lipinski definition) is 0. The van der Waals surface area contributed by atoms with Gasteiger partial charge in [0.15, 0.2) is 0 Å². The molecule has 0 aliphatic rings. The van der Waals surface area contributed by atoms with E-state index in [-0.39, 0.29) is 13.0 Å². The minimum absolute atomic E-state index is 0.0466. The molecule has 0 saturated heterocycles. The van der Waals surface area contributed by atoms with E-state index in [1.165, 1.54) is 7.11 Å². The Balaban J connectivity index is 2.29. The number of carbonyl (C=O) groups is 2. The summed E-state index contributed by atoms with van der Waals surface area (Å²) in [6, 6.07) is 19.0. The summed E-state index contributed by atoms with van der Waals surface area (Å²) in [5, 5.41) is 0. The van der Waals surface area contributed by atoms with Gasteiger partial charge in [-0.15, -0.1) is 0 Å². The van der Waals surface area contributed by atoms with E-state index in [0.29, 0.717) is 13.1 Å². The van der Waals surface area contributed by atoms with Crippen molar-refractivity contribution in [3.63, 3.8) is 0 Å². The summed E-state index contributed by atoms with van der Waals surface area (Å²) in [5.74, 6) is -0.848. The first-order chi connectivity index (χ1) is 12.6. The highest BCUT2D eigenvalue weighted by Crippen LogP contribution is 2.17. The second-order valence-electron chi connectivity index (χ2n) is 5.92. The van der Waals surface area contributed by atoms with E-state index < -0.39 is 18.0 Å². The lowest BCUT2D eigenvalue weighted by Crippen LogP contribution is -2.43. The van der Waals surface area contributed by atoms with Crippen molar-refractivity contribution in [2.45, 2.75) is 32.5 Å². The number of nitrogens with zero attached hydrogens (tertiary/aromatic N) is 1. The highest BCUT2D eigenvalue weighted by molar-refractivity contribution is 5.82. The summed E-state index contributed by atoms with van der Waals surface area (Å²) in [7, 11) is 1.32. The average Bonchev–Trinajstić information content (AvgIpc) is 2.67. The van der Waals surface area contributed by atoms with Gasteiger partial charge in [-0.2, -0.15) is 0 Å². The fraction of sp³-hybridized carbons (Fsp3) is 0.333. The summed E-state index contributed by atoms with van der Waals surface area (Å²) in [5.41, 5.74) is 2.12. The van der Waals surface area contributed by atoms with Gasteiger partial charge in [0.25, 0.3) is 0 Å². The number of ether oxygens (including phenoxy) is 2. The lowest BCUT2D eigenvalue weighted by Gasteiger charge is -2.29. The maximum Gasteiger partial charge on any atom is 0.323 e. The topological polar surface area (TPSA) is 55.8 Å². The fourth-order valence-electron chi connectivity index (χ4n) is 2.75. The van der Waals surface area contributed by atoms with Crippen LogP contribution in [0.15, 0.2) is 60.7 Å². The first-order valence-corrected chi connectivity index (χ1v) is 8.69. The van der Waals surface area contributed by atoms with Crippen molar-refractivity contribution in [2.24, 2.45) is 0 Å². The minimum atomic E-state index is -0.706. The zero-order chi connectivity index (χ0) is 18.8. The molecule has 0 aromatic heterocycles. The Kier molecular flexibility index (Phi) is 7.83. The molecule has 0 saturated carbocycles. The van der Waals surface area contributed by atoms with E-state index in [2.05, 4.69) is 0 Å². The van der Waals surface area contributed by atoms with E-state index in [0.717, 1.165) is 11.1 Å². The van der Waals surface area contributed by atoms with Crippen LogP contribution in [0.2, 0.25) is 0 Å². The number of rotatable bonds is 9. The van der Waals surface area contributed by atoms with Gasteiger partial charge < -0.3 is 9.47 Å². The first-order valence-electron chi connectivity index (χ1n) is 8.69. The molecule has 0 spiro atoms. The average molecular weight is 355 g/mol. The lowest BCUT2D eigenvalue weighted by atomic mass is 10.1. The van der Waals surface area contributed by atoms with Gasteiger partial charge in [-0.3, -0.25) is 14.5 Å². The normalized spacial score (nSPS) is 11.8. The summed E-state index contributed by atoms with van der Waals surface area (Å²) in [6.07, 6.45) is -0.0466. The highest BCUT2D eigenvalue weighted by Gasteiger charge is 2.30. The lowest BCUT2D eigenvalue weighted by molar-refractivity contribution is -0.156. The number of carbonyl (C=O) groups excluding carboxylic acids is 2. The van der Waals surface area contributed by atoms with Gasteiger partial charge in [-0.05, 0) is 18.1 Å². The summed E-state index contributed by atoms with van der Waals surface area (Å²) in [6.45, 7) is 3.07. The quantitative estimate of drug-likeness (QED) is 0.647. The Labute approximate surface area is 154 Å². The second kappa shape index (κ2) is 10.4. The molecule has 26 heavy (non-hydrogen) atoms. The molecule has 5 nitrogen and oxygen atoms in total. The smallest absolute Gasteiger partial charge is 0.323 e. The Bertz CT molecular complexity index is 646. The van der Waals surface area contributed by atoms with Crippen molar-refractivity contribution in [3.05, 3.63) is 71.8 Å². The molecule has 1 unspecified atom stereocenters.